The van der Waals surface area contributed by atoms with E-state index in [9.17, 15) is 9.90 Å². The number of aromatic nitrogens is 2. The third kappa shape index (κ3) is 3.01. The number of aryl methyl sites for hydroxylation is 1. The molecule has 0 aliphatic rings. The van der Waals surface area contributed by atoms with E-state index in [2.05, 4.69) is 20.8 Å². The van der Waals surface area contributed by atoms with Gasteiger partial charge in [0.2, 0.25) is 0 Å². The van der Waals surface area contributed by atoms with E-state index in [1.54, 1.807) is 0 Å². The molecule has 0 saturated carbocycles. The van der Waals surface area contributed by atoms with Crippen LogP contribution in [0.1, 0.15) is 36.9 Å². The highest BCUT2D eigenvalue weighted by molar-refractivity contribution is 7.17. The summed E-state index contributed by atoms with van der Waals surface area (Å²) in [6.45, 7) is 8.43. The fraction of sp³-hybridized carbons (Fsp3) is 0.333. The number of fused-ring (bicyclic) bond motifs is 1. The van der Waals surface area contributed by atoms with Crippen molar-refractivity contribution in [3.05, 3.63) is 46.6 Å². The number of imidazole rings is 1. The van der Waals surface area contributed by atoms with Crippen molar-refractivity contribution in [2.45, 2.75) is 39.5 Å². The van der Waals surface area contributed by atoms with Crippen LogP contribution in [0, 0.1) is 6.92 Å². The lowest BCUT2D eigenvalue weighted by Crippen LogP contribution is -2.11. The van der Waals surface area contributed by atoms with E-state index in [-0.39, 0.29) is 11.8 Å². The Morgan fingerprint density at radius 1 is 1.26 bits per heavy atom. The number of rotatable bonds is 3. The van der Waals surface area contributed by atoms with Crippen LogP contribution in [0.5, 0.6) is 0 Å². The molecule has 0 aliphatic carbocycles. The zero-order valence-corrected chi connectivity index (χ0v) is 14.6. The molecule has 0 fully saturated rings. The molecule has 0 aliphatic heterocycles. The average molecular weight is 328 g/mol. The maximum Gasteiger partial charge on any atom is 0.308 e. The van der Waals surface area contributed by atoms with E-state index in [0.717, 1.165) is 26.8 Å². The highest BCUT2D eigenvalue weighted by atomic mass is 32.1. The number of hydrogen-bond acceptors (Lipinski definition) is 3. The summed E-state index contributed by atoms with van der Waals surface area (Å²) < 4.78 is 2.04. The van der Waals surface area contributed by atoms with Gasteiger partial charge in [-0.25, -0.2) is 4.98 Å². The zero-order valence-electron chi connectivity index (χ0n) is 13.8. The van der Waals surface area contributed by atoms with Crippen molar-refractivity contribution in [1.82, 2.24) is 9.38 Å². The minimum absolute atomic E-state index is 0.0160. The van der Waals surface area contributed by atoms with Crippen LogP contribution in [0.4, 0.5) is 0 Å². The number of nitrogens with zero attached hydrogens (tertiary/aromatic N) is 2. The lowest BCUT2D eigenvalue weighted by atomic mass is 9.93. The smallest absolute Gasteiger partial charge is 0.308 e. The molecule has 5 heteroatoms. The lowest BCUT2D eigenvalue weighted by molar-refractivity contribution is -0.136. The van der Waals surface area contributed by atoms with Gasteiger partial charge in [-0.05, 0) is 12.5 Å². The van der Waals surface area contributed by atoms with Crippen LogP contribution in [-0.2, 0) is 16.6 Å². The molecule has 0 amide bonds. The summed E-state index contributed by atoms with van der Waals surface area (Å²) in [6, 6.07) is 8.17. The minimum atomic E-state index is -0.820. The number of carboxylic acids is 1. The van der Waals surface area contributed by atoms with Gasteiger partial charge in [-0.2, -0.15) is 0 Å². The fourth-order valence-electron chi connectivity index (χ4n) is 2.52. The van der Waals surface area contributed by atoms with Gasteiger partial charge in [0.1, 0.15) is 0 Å². The summed E-state index contributed by atoms with van der Waals surface area (Å²) >= 11 is 1.46. The van der Waals surface area contributed by atoms with Gasteiger partial charge in [0.15, 0.2) is 4.96 Å². The largest absolute Gasteiger partial charge is 0.481 e. The molecule has 0 unspecified atom stereocenters. The van der Waals surface area contributed by atoms with Gasteiger partial charge >= 0.3 is 5.97 Å². The molecule has 3 aromatic rings. The monoisotopic (exact) mass is 328 g/mol. The Bertz CT molecular complexity index is 867. The van der Waals surface area contributed by atoms with Crippen molar-refractivity contribution < 1.29 is 9.90 Å². The standard InChI is InChI=1S/C18H20N2O2S/c1-11-5-7-12(8-6-11)16-13(9-15(21)22)23-17-19-14(10-20(16)17)18(2,3)4/h5-8,10H,9H2,1-4H3,(H,21,22). The number of aliphatic carboxylic acids is 1. The predicted octanol–water partition coefficient (Wildman–Crippen LogP) is 4.30. The van der Waals surface area contributed by atoms with Gasteiger partial charge in [-0.15, -0.1) is 11.3 Å². The van der Waals surface area contributed by atoms with Gasteiger partial charge in [0.05, 0.1) is 17.8 Å². The zero-order chi connectivity index (χ0) is 16.8. The molecule has 0 saturated heterocycles. The number of thiazole rings is 1. The summed E-state index contributed by atoms with van der Waals surface area (Å²) in [5.41, 5.74) is 4.12. The van der Waals surface area contributed by atoms with Crippen LogP contribution in [0.2, 0.25) is 0 Å². The highest BCUT2D eigenvalue weighted by Crippen LogP contribution is 2.34. The fourth-order valence-corrected chi connectivity index (χ4v) is 3.63. The van der Waals surface area contributed by atoms with Gasteiger partial charge in [-0.1, -0.05) is 50.6 Å². The first-order valence-electron chi connectivity index (χ1n) is 7.56. The molecule has 2 aromatic heterocycles. The van der Waals surface area contributed by atoms with E-state index < -0.39 is 5.97 Å². The van der Waals surface area contributed by atoms with E-state index in [1.807, 2.05) is 41.8 Å². The molecule has 0 atom stereocenters. The molecular weight excluding hydrogens is 308 g/mol. The van der Waals surface area contributed by atoms with Crippen molar-refractivity contribution in [2.24, 2.45) is 0 Å². The normalized spacial score (nSPS) is 12.0. The van der Waals surface area contributed by atoms with Crippen LogP contribution in [0.25, 0.3) is 16.2 Å². The Hall–Kier alpha value is -2.14. The van der Waals surface area contributed by atoms with Gasteiger partial charge in [0, 0.05) is 16.5 Å². The van der Waals surface area contributed by atoms with Crippen LogP contribution >= 0.6 is 11.3 Å². The van der Waals surface area contributed by atoms with E-state index in [0.29, 0.717) is 0 Å². The van der Waals surface area contributed by atoms with Crippen LogP contribution in [-0.4, -0.2) is 20.5 Å². The number of benzene rings is 1. The van der Waals surface area contributed by atoms with Gasteiger partial charge < -0.3 is 5.11 Å². The Morgan fingerprint density at radius 3 is 2.48 bits per heavy atom. The SMILES string of the molecule is Cc1ccc(-c2c(CC(=O)O)sc3nc(C(C)(C)C)cn23)cc1. The van der Waals surface area contributed by atoms with Crippen LogP contribution < -0.4 is 0 Å². The van der Waals surface area contributed by atoms with Crippen molar-refractivity contribution in [1.29, 1.82) is 0 Å². The first-order chi connectivity index (χ1) is 10.8. The minimum Gasteiger partial charge on any atom is -0.481 e. The second-order valence-electron chi connectivity index (χ2n) is 6.84. The van der Waals surface area contributed by atoms with Crippen molar-refractivity contribution in [2.75, 3.05) is 0 Å². The molecule has 23 heavy (non-hydrogen) atoms. The second-order valence-corrected chi connectivity index (χ2v) is 7.90. The van der Waals surface area contributed by atoms with Crippen LogP contribution in [0.3, 0.4) is 0 Å². The number of carboxylic acid groups (broad SMARTS) is 1. The molecule has 2 heterocycles. The Balaban J connectivity index is 2.23. The Kier molecular flexibility index (Phi) is 3.76. The van der Waals surface area contributed by atoms with Crippen molar-refractivity contribution in [3.8, 4) is 11.3 Å². The van der Waals surface area contributed by atoms with Crippen LogP contribution in [0.15, 0.2) is 30.5 Å². The van der Waals surface area contributed by atoms with Gasteiger partial charge in [0.25, 0.3) is 0 Å². The average Bonchev–Trinajstić information content (AvgIpc) is 2.96. The maximum absolute atomic E-state index is 11.2. The molecule has 1 aromatic carbocycles. The number of hydrogen-bond donors (Lipinski definition) is 1. The van der Waals surface area contributed by atoms with Gasteiger partial charge in [-0.3, -0.25) is 9.20 Å². The summed E-state index contributed by atoms with van der Waals surface area (Å²) in [5.74, 6) is -0.820. The summed E-state index contributed by atoms with van der Waals surface area (Å²) in [6.07, 6.45) is 2.05. The molecule has 0 bridgehead atoms. The lowest BCUT2D eigenvalue weighted by Gasteiger charge is -2.14. The summed E-state index contributed by atoms with van der Waals surface area (Å²) in [4.78, 5) is 17.6. The molecule has 0 radical (unpaired) electrons. The van der Waals surface area contributed by atoms with Crippen molar-refractivity contribution in [3.63, 3.8) is 0 Å². The molecule has 4 nitrogen and oxygen atoms in total. The second kappa shape index (κ2) is 5.49. The molecular formula is C18H20N2O2S. The quantitative estimate of drug-likeness (QED) is 0.780. The van der Waals surface area contributed by atoms with E-state index in [1.165, 1.54) is 16.9 Å². The third-order valence-corrected chi connectivity index (χ3v) is 4.85. The molecule has 1 N–H and O–H groups in total. The molecule has 3 rings (SSSR count). The maximum atomic E-state index is 11.2. The third-order valence-electron chi connectivity index (χ3n) is 3.80. The number of carbonyl (C=O) groups is 1. The topological polar surface area (TPSA) is 54.6 Å². The highest BCUT2D eigenvalue weighted by Gasteiger charge is 2.23. The Morgan fingerprint density at radius 2 is 1.91 bits per heavy atom. The molecule has 120 valence electrons. The summed E-state index contributed by atoms with van der Waals surface area (Å²) in [5, 5.41) is 9.21. The first kappa shape index (κ1) is 15.7. The Labute approximate surface area is 139 Å². The van der Waals surface area contributed by atoms with Crippen molar-refractivity contribution >= 4 is 22.3 Å². The van der Waals surface area contributed by atoms with E-state index >= 15 is 0 Å². The predicted molar refractivity (Wildman–Crippen MR) is 93.3 cm³/mol. The first-order valence-corrected chi connectivity index (χ1v) is 8.37. The van der Waals surface area contributed by atoms with E-state index in [4.69, 9.17) is 4.98 Å². The summed E-state index contributed by atoms with van der Waals surface area (Å²) in [7, 11) is 0. The molecule has 0 spiro atoms.